The maximum Gasteiger partial charge on any atom is 0.252 e. The van der Waals surface area contributed by atoms with Crippen molar-refractivity contribution in [3.05, 3.63) is 39.7 Å². The molecule has 0 aromatic carbocycles. The van der Waals surface area contributed by atoms with Gasteiger partial charge in [-0.05, 0) is 6.42 Å². The molecule has 3 heterocycles. The van der Waals surface area contributed by atoms with E-state index < -0.39 is 0 Å². The van der Waals surface area contributed by atoms with E-state index in [2.05, 4.69) is 30.9 Å². The molecule has 2 aromatic rings. The van der Waals surface area contributed by atoms with Gasteiger partial charge in [-0.3, -0.25) is 9.78 Å². The van der Waals surface area contributed by atoms with E-state index in [1.54, 1.807) is 6.07 Å². The molecule has 1 aliphatic rings. The Labute approximate surface area is 133 Å². The molecular weight excluding hydrogens is 294 g/mol. The van der Waals surface area contributed by atoms with Crippen LogP contribution in [0, 0.1) is 11.3 Å². The van der Waals surface area contributed by atoms with Gasteiger partial charge in [0.05, 0.1) is 5.69 Å². The molecule has 0 bridgehead atoms. The molecule has 0 radical (unpaired) electrons. The highest BCUT2D eigenvalue weighted by Gasteiger charge is 2.27. The zero-order valence-corrected chi connectivity index (χ0v) is 12.8. The van der Waals surface area contributed by atoms with Crippen molar-refractivity contribution >= 4 is 11.8 Å². The largest absolute Gasteiger partial charge is 0.369 e. The summed E-state index contributed by atoms with van der Waals surface area (Å²) in [6.07, 6.45) is 1.52. The summed E-state index contributed by atoms with van der Waals surface area (Å²) < 4.78 is 0. The minimum absolute atomic E-state index is 0.116. The number of anilines is 2. The molecule has 1 unspecified atom stereocenters. The average Bonchev–Trinajstić information content (AvgIpc) is 3.03. The number of nitriles is 1. The van der Waals surface area contributed by atoms with Gasteiger partial charge in [0.2, 0.25) is 5.95 Å². The van der Waals surface area contributed by atoms with Gasteiger partial charge in [0.15, 0.2) is 0 Å². The topological polar surface area (TPSA) is 125 Å². The first kappa shape index (κ1) is 15.0. The van der Waals surface area contributed by atoms with E-state index in [4.69, 9.17) is 11.0 Å². The predicted octanol–water partition coefficient (Wildman–Crippen LogP) is 0.570. The number of hydrogen-bond donors (Lipinski definition) is 2. The maximum atomic E-state index is 11.5. The van der Waals surface area contributed by atoms with Gasteiger partial charge in [-0.1, -0.05) is 6.92 Å². The van der Waals surface area contributed by atoms with Crippen LogP contribution in [0.4, 0.5) is 11.8 Å². The second-order valence-electron chi connectivity index (χ2n) is 5.48. The first-order chi connectivity index (χ1) is 11.1. The van der Waals surface area contributed by atoms with Crippen LogP contribution in [0.15, 0.2) is 16.9 Å². The Bertz CT molecular complexity index is 823. The monoisotopic (exact) mass is 311 g/mol. The minimum atomic E-state index is -0.243. The number of nitrogens with zero attached hydrogens (tertiary/aromatic N) is 5. The molecule has 0 aliphatic carbocycles. The molecule has 118 valence electrons. The Hall–Kier alpha value is -2.95. The van der Waals surface area contributed by atoms with Gasteiger partial charge in [0.1, 0.15) is 23.4 Å². The highest BCUT2D eigenvalue weighted by atomic mass is 16.1. The molecule has 3 rings (SSSR count). The molecule has 8 nitrogen and oxygen atoms in total. The Kier molecular flexibility index (Phi) is 3.93. The Morgan fingerprint density at radius 2 is 2.26 bits per heavy atom. The van der Waals surface area contributed by atoms with Crippen LogP contribution in [0.2, 0.25) is 0 Å². The SMILES string of the molecule is CCc1nc(C#N)cc(N2CCC(c3cc(=O)[nH]c(N)n3)C2)n1. The van der Waals surface area contributed by atoms with E-state index in [9.17, 15) is 4.79 Å². The molecule has 3 N–H and O–H groups in total. The normalized spacial score (nSPS) is 17.2. The van der Waals surface area contributed by atoms with Crippen molar-refractivity contribution in [2.75, 3.05) is 23.7 Å². The molecule has 1 atom stereocenters. The fraction of sp³-hybridized carbons (Fsp3) is 0.400. The summed E-state index contributed by atoms with van der Waals surface area (Å²) in [5, 5.41) is 9.10. The maximum absolute atomic E-state index is 11.5. The van der Waals surface area contributed by atoms with Crippen LogP contribution in [0.1, 0.15) is 36.5 Å². The molecule has 1 saturated heterocycles. The standard InChI is InChI=1S/C15H17N7O/c1-2-12-18-10(7-16)5-13(20-12)22-4-3-9(8-22)11-6-14(23)21-15(17)19-11/h5-6,9H,2-4,8H2,1H3,(H3,17,19,21,23). The summed E-state index contributed by atoms with van der Waals surface area (Å²) in [7, 11) is 0. The van der Waals surface area contributed by atoms with Crippen LogP contribution in [0.5, 0.6) is 0 Å². The number of nitrogen functional groups attached to an aromatic ring is 1. The van der Waals surface area contributed by atoms with Gasteiger partial charge in [-0.25, -0.2) is 15.0 Å². The number of aromatic nitrogens is 4. The summed E-state index contributed by atoms with van der Waals surface area (Å²) in [5.41, 5.74) is 6.43. The van der Waals surface area contributed by atoms with E-state index in [0.717, 1.165) is 18.8 Å². The average molecular weight is 311 g/mol. The lowest BCUT2D eigenvalue weighted by Gasteiger charge is -2.18. The molecule has 1 aliphatic heterocycles. The van der Waals surface area contributed by atoms with Gasteiger partial charge in [0, 0.05) is 37.6 Å². The van der Waals surface area contributed by atoms with Crippen molar-refractivity contribution in [2.45, 2.75) is 25.7 Å². The number of aromatic amines is 1. The molecule has 23 heavy (non-hydrogen) atoms. The second-order valence-corrected chi connectivity index (χ2v) is 5.48. The quantitative estimate of drug-likeness (QED) is 0.848. The lowest BCUT2D eigenvalue weighted by Crippen LogP contribution is -2.22. The second kappa shape index (κ2) is 6.04. The Balaban J connectivity index is 1.85. The lowest BCUT2D eigenvalue weighted by atomic mass is 10.1. The van der Waals surface area contributed by atoms with Gasteiger partial charge >= 0.3 is 0 Å². The fourth-order valence-electron chi connectivity index (χ4n) is 2.78. The highest BCUT2D eigenvalue weighted by Crippen LogP contribution is 2.28. The van der Waals surface area contributed by atoms with Gasteiger partial charge in [-0.2, -0.15) is 5.26 Å². The third kappa shape index (κ3) is 3.13. The fourth-order valence-corrected chi connectivity index (χ4v) is 2.78. The van der Waals surface area contributed by atoms with Gasteiger partial charge < -0.3 is 10.6 Å². The summed E-state index contributed by atoms with van der Waals surface area (Å²) in [6.45, 7) is 3.42. The zero-order chi connectivity index (χ0) is 16.4. The van der Waals surface area contributed by atoms with Crippen LogP contribution in [-0.4, -0.2) is 33.0 Å². The molecule has 0 spiro atoms. The highest BCUT2D eigenvalue weighted by molar-refractivity contribution is 5.45. The minimum Gasteiger partial charge on any atom is -0.369 e. The smallest absolute Gasteiger partial charge is 0.252 e. The van der Waals surface area contributed by atoms with Crippen molar-refractivity contribution < 1.29 is 0 Å². The van der Waals surface area contributed by atoms with Crippen molar-refractivity contribution in [3.63, 3.8) is 0 Å². The Morgan fingerprint density at radius 1 is 1.43 bits per heavy atom. The van der Waals surface area contributed by atoms with E-state index >= 15 is 0 Å². The van der Waals surface area contributed by atoms with Crippen molar-refractivity contribution in [1.82, 2.24) is 19.9 Å². The molecule has 1 fully saturated rings. The van der Waals surface area contributed by atoms with E-state index in [0.29, 0.717) is 30.2 Å². The molecule has 0 amide bonds. The van der Waals surface area contributed by atoms with Crippen LogP contribution in [0.25, 0.3) is 0 Å². The molecular formula is C15H17N7O. The molecule has 2 aromatic heterocycles. The number of rotatable bonds is 3. The van der Waals surface area contributed by atoms with Crippen molar-refractivity contribution in [2.24, 2.45) is 0 Å². The summed E-state index contributed by atoms with van der Waals surface area (Å²) in [5.74, 6) is 1.65. The van der Waals surface area contributed by atoms with E-state index in [-0.39, 0.29) is 17.4 Å². The van der Waals surface area contributed by atoms with Crippen LogP contribution >= 0.6 is 0 Å². The number of nitrogens with one attached hydrogen (secondary N) is 1. The first-order valence-electron chi connectivity index (χ1n) is 7.48. The lowest BCUT2D eigenvalue weighted by molar-refractivity contribution is 0.738. The van der Waals surface area contributed by atoms with Gasteiger partial charge in [-0.15, -0.1) is 0 Å². The van der Waals surface area contributed by atoms with Crippen LogP contribution in [0.3, 0.4) is 0 Å². The summed E-state index contributed by atoms with van der Waals surface area (Å²) in [6, 6.07) is 5.26. The van der Waals surface area contributed by atoms with E-state index in [1.807, 2.05) is 6.92 Å². The predicted molar refractivity (Wildman–Crippen MR) is 85.0 cm³/mol. The first-order valence-corrected chi connectivity index (χ1v) is 7.48. The van der Waals surface area contributed by atoms with Crippen LogP contribution in [-0.2, 0) is 6.42 Å². The molecule has 0 saturated carbocycles. The van der Waals surface area contributed by atoms with Crippen molar-refractivity contribution in [1.29, 1.82) is 5.26 Å². The third-order valence-corrected chi connectivity index (χ3v) is 3.90. The summed E-state index contributed by atoms with van der Waals surface area (Å²) >= 11 is 0. The number of H-pyrrole nitrogens is 1. The number of nitrogens with two attached hydrogens (primary N) is 1. The van der Waals surface area contributed by atoms with Gasteiger partial charge in [0.25, 0.3) is 5.56 Å². The van der Waals surface area contributed by atoms with Crippen molar-refractivity contribution in [3.8, 4) is 6.07 Å². The zero-order valence-electron chi connectivity index (χ0n) is 12.8. The number of hydrogen-bond acceptors (Lipinski definition) is 7. The summed E-state index contributed by atoms with van der Waals surface area (Å²) in [4.78, 5) is 29.0. The van der Waals surface area contributed by atoms with Crippen LogP contribution < -0.4 is 16.2 Å². The van der Waals surface area contributed by atoms with E-state index in [1.165, 1.54) is 6.07 Å². The third-order valence-electron chi connectivity index (χ3n) is 3.90. The number of aryl methyl sites for hydroxylation is 1. The Morgan fingerprint density at radius 3 is 2.96 bits per heavy atom. The molecule has 8 heteroatoms.